The van der Waals surface area contributed by atoms with Crippen molar-refractivity contribution >= 4 is 11.4 Å². The molecule has 0 bridgehead atoms. The Balaban J connectivity index is 1.50. The van der Waals surface area contributed by atoms with Gasteiger partial charge in [0.1, 0.15) is 0 Å². The normalized spacial score (nSPS) is 23.1. The van der Waals surface area contributed by atoms with Crippen molar-refractivity contribution < 1.29 is 4.74 Å². The van der Waals surface area contributed by atoms with Gasteiger partial charge in [0.2, 0.25) is 0 Å². The van der Waals surface area contributed by atoms with Crippen molar-refractivity contribution in [3.63, 3.8) is 0 Å². The Labute approximate surface area is 114 Å². The molecule has 0 radical (unpaired) electrons. The smallest absolute Gasteiger partial charge is 0.0594 e. The summed E-state index contributed by atoms with van der Waals surface area (Å²) in [5.74, 6) is 0.625. The number of hydrogen-bond donors (Lipinski definition) is 2. The number of fused-ring (bicyclic) bond motifs is 1. The van der Waals surface area contributed by atoms with Gasteiger partial charge < -0.3 is 15.8 Å². The summed E-state index contributed by atoms with van der Waals surface area (Å²) in [6.07, 6.45) is 2.49. The molecule has 1 saturated heterocycles. The Morgan fingerprint density at radius 3 is 3.00 bits per heavy atom. The van der Waals surface area contributed by atoms with Crippen LogP contribution in [0, 0.1) is 0 Å². The second-order valence-corrected chi connectivity index (χ2v) is 5.52. The van der Waals surface area contributed by atoms with Gasteiger partial charge in [-0.25, -0.2) is 0 Å². The number of hydrogen-bond acceptors (Lipinski definition) is 4. The molecular formula is C15H23N3O. The zero-order valence-corrected chi connectivity index (χ0v) is 11.4. The molecule has 1 aromatic carbocycles. The molecule has 2 aliphatic rings. The van der Waals surface area contributed by atoms with E-state index in [4.69, 9.17) is 10.5 Å². The summed E-state index contributed by atoms with van der Waals surface area (Å²) < 4.78 is 5.37. The van der Waals surface area contributed by atoms with Crippen LogP contribution in [0.15, 0.2) is 18.2 Å². The van der Waals surface area contributed by atoms with Crippen molar-refractivity contribution in [3.8, 4) is 0 Å². The number of ether oxygens (including phenoxy) is 1. The Bertz CT molecular complexity index is 429. The first-order chi connectivity index (χ1) is 9.33. The molecule has 1 aromatic rings. The van der Waals surface area contributed by atoms with E-state index in [1.54, 1.807) is 0 Å². The first kappa shape index (κ1) is 12.8. The molecule has 2 heterocycles. The molecule has 1 fully saturated rings. The van der Waals surface area contributed by atoms with Gasteiger partial charge >= 0.3 is 0 Å². The fourth-order valence-electron chi connectivity index (χ4n) is 3.07. The minimum Gasteiger partial charge on any atom is -0.399 e. The number of morpholine rings is 1. The zero-order chi connectivity index (χ0) is 13.1. The molecule has 104 valence electrons. The quantitative estimate of drug-likeness (QED) is 0.813. The van der Waals surface area contributed by atoms with E-state index in [1.165, 1.54) is 30.6 Å². The van der Waals surface area contributed by atoms with Crippen LogP contribution in [0.2, 0.25) is 0 Å². The van der Waals surface area contributed by atoms with Gasteiger partial charge in [-0.2, -0.15) is 0 Å². The summed E-state index contributed by atoms with van der Waals surface area (Å²) in [4.78, 5) is 2.51. The molecule has 0 spiro atoms. The lowest BCUT2D eigenvalue weighted by Crippen LogP contribution is -2.36. The number of nitrogens with one attached hydrogen (secondary N) is 1. The van der Waals surface area contributed by atoms with Crippen molar-refractivity contribution in [1.82, 2.24) is 4.90 Å². The highest BCUT2D eigenvalue weighted by Gasteiger charge is 2.22. The Morgan fingerprint density at radius 2 is 2.16 bits per heavy atom. The van der Waals surface area contributed by atoms with Gasteiger partial charge in [-0.3, -0.25) is 4.90 Å². The molecule has 3 N–H and O–H groups in total. The van der Waals surface area contributed by atoms with E-state index in [0.29, 0.717) is 5.92 Å². The summed E-state index contributed by atoms with van der Waals surface area (Å²) in [6.45, 7) is 6.22. The van der Waals surface area contributed by atoms with Crippen molar-refractivity contribution in [2.75, 3.05) is 50.4 Å². The van der Waals surface area contributed by atoms with Crippen LogP contribution in [-0.4, -0.2) is 44.3 Å². The maximum Gasteiger partial charge on any atom is 0.0594 e. The summed E-state index contributed by atoms with van der Waals surface area (Å²) in [5.41, 5.74) is 9.44. The van der Waals surface area contributed by atoms with E-state index in [1.807, 2.05) is 6.07 Å². The van der Waals surface area contributed by atoms with E-state index < -0.39 is 0 Å². The van der Waals surface area contributed by atoms with E-state index in [9.17, 15) is 0 Å². The van der Waals surface area contributed by atoms with Gasteiger partial charge in [-0.05, 0) is 43.1 Å². The van der Waals surface area contributed by atoms with Crippen molar-refractivity contribution in [2.24, 2.45) is 0 Å². The first-order valence-corrected chi connectivity index (χ1v) is 7.26. The van der Waals surface area contributed by atoms with Gasteiger partial charge in [-0.15, -0.1) is 0 Å². The van der Waals surface area contributed by atoms with Gasteiger partial charge in [0.25, 0.3) is 0 Å². The topological polar surface area (TPSA) is 50.5 Å². The third-order valence-corrected chi connectivity index (χ3v) is 4.18. The Hall–Kier alpha value is -1.26. The number of rotatable bonds is 4. The number of nitrogens with zero attached hydrogens (tertiary/aromatic N) is 1. The molecule has 0 amide bonds. The van der Waals surface area contributed by atoms with Crippen LogP contribution in [0.25, 0.3) is 0 Å². The summed E-state index contributed by atoms with van der Waals surface area (Å²) in [6, 6.07) is 6.21. The molecule has 4 heteroatoms. The second kappa shape index (κ2) is 5.80. The number of nitrogen functional groups attached to an aromatic ring is 1. The molecule has 1 atom stereocenters. The Kier molecular flexibility index (Phi) is 3.89. The minimum absolute atomic E-state index is 0.625. The number of benzene rings is 1. The predicted molar refractivity (Wildman–Crippen MR) is 78.6 cm³/mol. The molecular weight excluding hydrogens is 238 g/mol. The largest absolute Gasteiger partial charge is 0.399 e. The van der Waals surface area contributed by atoms with E-state index in [2.05, 4.69) is 22.3 Å². The van der Waals surface area contributed by atoms with Crippen LogP contribution in [0.5, 0.6) is 0 Å². The summed E-state index contributed by atoms with van der Waals surface area (Å²) in [5, 5.41) is 3.48. The van der Waals surface area contributed by atoms with Gasteiger partial charge in [-0.1, -0.05) is 0 Å². The SMILES string of the molecule is Nc1ccc2c(c1)C(CCCN1CCOCC1)CN2. The lowest BCUT2D eigenvalue weighted by molar-refractivity contribution is 0.0370. The highest BCUT2D eigenvalue weighted by Crippen LogP contribution is 2.35. The molecule has 0 saturated carbocycles. The van der Waals surface area contributed by atoms with Crippen molar-refractivity contribution in [1.29, 1.82) is 0 Å². The van der Waals surface area contributed by atoms with Crippen LogP contribution >= 0.6 is 0 Å². The number of nitrogens with two attached hydrogens (primary N) is 1. The molecule has 3 rings (SSSR count). The van der Waals surface area contributed by atoms with Crippen LogP contribution in [0.1, 0.15) is 24.3 Å². The maximum atomic E-state index is 5.89. The minimum atomic E-state index is 0.625. The first-order valence-electron chi connectivity index (χ1n) is 7.26. The summed E-state index contributed by atoms with van der Waals surface area (Å²) in [7, 11) is 0. The standard InChI is InChI=1S/C15H23N3O/c16-13-3-4-15-14(10-13)12(11-17-15)2-1-5-18-6-8-19-9-7-18/h3-4,10,12,17H,1-2,5-9,11,16H2. The van der Waals surface area contributed by atoms with Crippen molar-refractivity contribution in [2.45, 2.75) is 18.8 Å². The average molecular weight is 261 g/mol. The molecule has 2 aliphatic heterocycles. The zero-order valence-electron chi connectivity index (χ0n) is 11.4. The summed E-state index contributed by atoms with van der Waals surface area (Å²) >= 11 is 0. The maximum absolute atomic E-state index is 5.89. The van der Waals surface area contributed by atoms with Crippen LogP contribution in [0.3, 0.4) is 0 Å². The average Bonchev–Trinajstić information content (AvgIpc) is 2.83. The highest BCUT2D eigenvalue weighted by atomic mass is 16.5. The fourth-order valence-corrected chi connectivity index (χ4v) is 3.07. The highest BCUT2D eigenvalue weighted by molar-refractivity contribution is 5.62. The Morgan fingerprint density at radius 1 is 1.32 bits per heavy atom. The fraction of sp³-hybridized carbons (Fsp3) is 0.600. The van der Waals surface area contributed by atoms with Gasteiger partial charge in [0.15, 0.2) is 0 Å². The van der Waals surface area contributed by atoms with Gasteiger partial charge in [0, 0.05) is 36.9 Å². The molecule has 0 aliphatic carbocycles. The molecule has 19 heavy (non-hydrogen) atoms. The van der Waals surface area contributed by atoms with Crippen LogP contribution in [0.4, 0.5) is 11.4 Å². The van der Waals surface area contributed by atoms with E-state index in [-0.39, 0.29) is 0 Å². The second-order valence-electron chi connectivity index (χ2n) is 5.52. The number of anilines is 2. The van der Waals surface area contributed by atoms with Gasteiger partial charge in [0.05, 0.1) is 13.2 Å². The third kappa shape index (κ3) is 3.01. The molecule has 1 unspecified atom stereocenters. The monoisotopic (exact) mass is 261 g/mol. The molecule has 0 aromatic heterocycles. The predicted octanol–water partition coefficient (Wildman–Crippen LogP) is 1.89. The van der Waals surface area contributed by atoms with Crippen LogP contribution in [-0.2, 0) is 4.74 Å². The van der Waals surface area contributed by atoms with Crippen molar-refractivity contribution in [3.05, 3.63) is 23.8 Å². The van der Waals surface area contributed by atoms with E-state index in [0.717, 1.165) is 38.5 Å². The lowest BCUT2D eigenvalue weighted by atomic mass is 9.96. The van der Waals surface area contributed by atoms with Crippen LogP contribution < -0.4 is 11.1 Å². The third-order valence-electron chi connectivity index (χ3n) is 4.18. The molecule has 4 nitrogen and oxygen atoms in total. The lowest BCUT2D eigenvalue weighted by Gasteiger charge is -2.26. The van der Waals surface area contributed by atoms with E-state index >= 15 is 0 Å².